The van der Waals surface area contributed by atoms with Crippen LogP contribution in [-0.4, -0.2) is 19.2 Å². The summed E-state index contributed by atoms with van der Waals surface area (Å²) in [4.78, 5) is 12.9. The molecule has 0 N–H and O–H groups in total. The zero-order valence-corrected chi connectivity index (χ0v) is 24.5. The lowest BCUT2D eigenvalue weighted by Gasteiger charge is -2.36. The predicted octanol–water partition coefficient (Wildman–Crippen LogP) is 9.81. The molecule has 1 saturated carbocycles. The molecule has 1 aliphatic carbocycles. The molecule has 0 unspecified atom stereocenters. The number of carbonyl (C=O) groups is 1. The second kappa shape index (κ2) is 13.0. The van der Waals surface area contributed by atoms with Crippen LogP contribution in [0.15, 0.2) is 84.9 Å². The van der Waals surface area contributed by atoms with Crippen LogP contribution in [0.5, 0.6) is 5.75 Å². The molecule has 3 atom stereocenters. The van der Waals surface area contributed by atoms with Gasteiger partial charge in [-0.05, 0) is 94.0 Å². The highest BCUT2D eigenvalue weighted by Crippen LogP contribution is 2.35. The van der Waals surface area contributed by atoms with Crippen LogP contribution in [0.1, 0.15) is 72.6 Å². The fraction of sp³-hybridized carbons (Fsp3) is 0.289. The quantitative estimate of drug-likeness (QED) is 0.164. The maximum atomic E-state index is 12.9. The van der Waals surface area contributed by atoms with Crippen molar-refractivity contribution in [3.05, 3.63) is 113 Å². The SMILES string of the molecule is COc1ccc2cc(/C=C/c3ccc(/C=C/c4ccc(C(=O)O[C@@H]5C[C@H](C)CC[C@H]5C(C)C)cc4)cc3)ccc2c1. The van der Waals surface area contributed by atoms with Gasteiger partial charge in [-0.15, -0.1) is 0 Å². The van der Waals surface area contributed by atoms with Gasteiger partial charge in [-0.3, -0.25) is 0 Å². The highest BCUT2D eigenvalue weighted by Gasteiger charge is 2.33. The number of hydrogen-bond acceptors (Lipinski definition) is 3. The molecule has 3 nitrogen and oxygen atoms in total. The smallest absolute Gasteiger partial charge is 0.338 e. The van der Waals surface area contributed by atoms with Crippen LogP contribution in [0, 0.1) is 17.8 Å². The minimum Gasteiger partial charge on any atom is -0.497 e. The van der Waals surface area contributed by atoms with Crippen LogP contribution in [0.4, 0.5) is 0 Å². The first-order valence-electron chi connectivity index (χ1n) is 14.7. The first kappa shape index (κ1) is 28.4. The third kappa shape index (κ3) is 7.35. The fourth-order valence-electron chi connectivity index (χ4n) is 5.76. The number of ether oxygens (including phenoxy) is 2. The summed E-state index contributed by atoms with van der Waals surface area (Å²) in [6.07, 6.45) is 11.8. The van der Waals surface area contributed by atoms with E-state index in [1.54, 1.807) is 7.11 Å². The van der Waals surface area contributed by atoms with Crippen molar-refractivity contribution >= 4 is 41.0 Å². The molecule has 1 aliphatic rings. The third-order valence-electron chi connectivity index (χ3n) is 8.31. The number of carbonyl (C=O) groups excluding carboxylic acids is 1. The Balaban J connectivity index is 1.17. The lowest BCUT2D eigenvalue weighted by Crippen LogP contribution is -2.35. The largest absolute Gasteiger partial charge is 0.497 e. The van der Waals surface area contributed by atoms with Crippen molar-refractivity contribution in [1.82, 2.24) is 0 Å². The highest BCUT2D eigenvalue weighted by molar-refractivity contribution is 5.90. The Morgan fingerprint density at radius 3 is 1.88 bits per heavy atom. The Kier molecular flexibility index (Phi) is 9.04. The van der Waals surface area contributed by atoms with Gasteiger partial charge in [-0.1, -0.05) is 106 Å². The molecule has 0 heterocycles. The zero-order valence-electron chi connectivity index (χ0n) is 24.5. The van der Waals surface area contributed by atoms with Crippen molar-refractivity contribution < 1.29 is 14.3 Å². The average molecular weight is 545 g/mol. The van der Waals surface area contributed by atoms with Gasteiger partial charge < -0.3 is 9.47 Å². The molecule has 0 bridgehead atoms. The molecule has 0 saturated heterocycles. The average Bonchev–Trinajstić information content (AvgIpc) is 2.99. The maximum Gasteiger partial charge on any atom is 0.338 e. The van der Waals surface area contributed by atoms with Crippen molar-refractivity contribution in [2.24, 2.45) is 17.8 Å². The molecular weight excluding hydrogens is 504 g/mol. The van der Waals surface area contributed by atoms with E-state index in [-0.39, 0.29) is 12.1 Å². The van der Waals surface area contributed by atoms with Crippen molar-refractivity contribution in [3.8, 4) is 5.75 Å². The van der Waals surface area contributed by atoms with Crippen LogP contribution in [0.3, 0.4) is 0 Å². The third-order valence-corrected chi connectivity index (χ3v) is 8.31. The molecule has 210 valence electrons. The predicted molar refractivity (Wildman–Crippen MR) is 172 cm³/mol. The molecule has 0 radical (unpaired) electrons. The first-order valence-corrected chi connectivity index (χ1v) is 14.7. The molecule has 0 aliphatic heterocycles. The van der Waals surface area contributed by atoms with Crippen LogP contribution >= 0.6 is 0 Å². The second-order valence-electron chi connectivity index (χ2n) is 11.7. The number of fused-ring (bicyclic) bond motifs is 1. The minimum atomic E-state index is -0.210. The van der Waals surface area contributed by atoms with E-state index in [4.69, 9.17) is 9.47 Å². The van der Waals surface area contributed by atoms with Gasteiger partial charge in [0.2, 0.25) is 0 Å². The topological polar surface area (TPSA) is 35.5 Å². The van der Waals surface area contributed by atoms with Crippen LogP contribution in [-0.2, 0) is 4.74 Å². The summed E-state index contributed by atoms with van der Waals surface area (Å²) < 4.78 is 11.3. The monoisotopic (exact) mass is 544 g/mol. The van der Waals surface area contributed by atoms with Crippen molar-refractivity contribution in [2.45, 2.75) is 46.1 Å². The maximum absolute atomic E-state index is 12.9. The van der Waals surface area contributed by atoms with E-state index in [1.165, 1.54) is 17.2 Å². The van der Waals surface area contributed by atoms with Crippen molar-refractivity contribution in [3.63, 3.8) is 0 Å². The number of hydrogen-bond donors (Lipinski definition) is 0. The fourth-order valence-corrected chi connectivity index (χ4v) is 5.76. The van der Waals surface area contributed by atoms with Crippen LogP contribution in [0.2, 0.25) is 0 Å². The first-order chi connectivity index (χ1) is 19.9. The van der Waals surface area contributed by atoms with E-state index in [0.29, 0.717) is 23.3 Å². The summed E-state index contributed by atoms with van der Waals surface area (Å²) in [6.45, 7) is 6.72. The summed E-state index contributed by atoms with van der Waals surface area (Å²) in [6, 6.07) is 28.7. The van der Waals surface area contributed by atoms with E-state index in [9.17, 15) is 4.79 Å². The summed E-state index contributed by atoms with van der Waals surface area (Å²) in [7, 11) is 1.69. The molecule has 5 rings (SSSR count). The van der Waals surface area contributed by atoms with Gasteiger partial charge >= 0.3 is 5.97 Å². The van der Waals surface area contributed by atoms with E-state index in [2.05, 4.69) is 99.7 Å². The molecule has 4 aromatic rings. The van der Waals surface area contributed by atoms with Gasteiger partial charge in [0.1, 0.15) is 11.9 Å². The minimum absolute atomic E-state index is 0.0147. The molecule has 0 aromatic heterocycles. The highest BCUT2D eigenvalue weighted by atomic mass is 16.5. The zero-order chi connectivity index (χ0) is 28.8. The molecule has 41 heavy (non-hydrogen) atoms. The number of rotatable bonds is 8. The van der Waals surface area contributed by atoms with Crippen LogP contribution in [0.25, 0.3) is 35.1 Å². The lowest BCUT2D eigenvalue weighted by atomic mass is 9.75. The van der Waals surface area contributed by atoms with Crippen molar-refractivity contribution in [1.29, 1.82) is 0 Å². The Labute approximate surface area is 244 Å². The number of methoxy groups -OCH3 is 1. The number of esters is 1. The van der Waals surface area contributed by atoms with E-state index in [0.717, 1.165) is 40.8 Å². The summed E-state index contributed by atoms with van der Waals surface area (Å²) in [5, 5.41) is 2.36. The van der Waals surface area contributed by atoms with Gasteiger partial charge in [0.05, 0.1) is 12.7 Å². The Bertz CT molecular complexity index is 1530. The van der Waals surface area contributed by atoms with Gasteiger partial charge in [0, 0.05) is 0 Å². The van der Waals surface area contributed by atoms with E-state index < -0.39 is 0 Å². The van der Waals surface area contributed by atoms with E-state index in [1.807, 2.05) is 30.3 Å². The van der Waals surface area contributed by atoms with Gasteiger partial charge in [-0.25, -0.2) is 4.79 Å². The van der Waals surface area contributed by atoms with Gasteiger partial charge in [0.15, 0.2) is 0 Å². The molecule has 0 spiro atoms. The lowest BCUT2D eigenvalue weighted by molar-refractivity contribution is -0.0174. The van der Waals surface area contributed by atoms with E-state index >= 15 is 0 Å². The standard InChI is InChI=1S/C38H40O3/c1-26(2)36-22-5-27(3)23-37(36)41-38(39)32-17-14-30(15-18-32)11-10-28-6-8-29(9-7-28)12-13-31-16-19-34-25-35(40-4)21-20-33(34)24-31/h6-21,24-27,36-37H,5,22-23H2,1-4H3/b11-10+,13-12+/t27-,36+,37-/m1/s1. The van der Waals surface area contributed by atoms with Crippen LogP contribution < -0.4 is 4.74 Å². The molecule has 4 aromatic carbocycles. The van der Waals surface area contributed by atoms with Gasteiger partial charge in [0.25, 0.3) is 0 Å². The Morgan fingerprint density at radius 2 is 1.27 bits per heavy atom. The summed E-state index contributed by atoms with van der Waals surface area (Å²) in [5.41, 5.74) is 5.09. The number of benzene rings is 4. The van der Waals surface area contributed by atoms with Crippen molar-refractivity contribution in [2.75, 3.05) is 7.11 Å². The normalized spacial score (nSPS) is 19.3. The molecular formula is C38H40O3. The Hall–Kier alpha value is -4.11. The van der Waals surface area contributed by atoms with Gasteiger partial charge in [-0.2, -0.15) is 0 Å². The molecule has 0 amide bonds. The second-order valence-corrected chi connectivity index (χ2v) is 11.7. The Morgan fingerprint density at radius 1 is 0.732 bits per heavy atom. The molecule has 3 heteroatoms. The molecule has 1 fully saturated rings. The summed E-state index contributed by atoms with van der Waals surface area (Å²) >= 11 is 0. The summed E-state index contributed by atoms with van der Waals surface area (Å²) in [5.74, 6) is 2.24.